The van der Waals surface area contributed by atoms with Crippen molar-refractivity contribution in [2.45, 2.75) is 83.2 Å². The van der Waals surface area contributed by atoms with Gasteiger partial charge in [-0.25, -0.2) is 0 Å². The summed E-state index contributed by atoms with van der Waals surface area (Å²) in [6, 6.07) is 2.30. The number of carbonyl (C=O) groups excluding carboxylic acids is 3. The average Bonchev–Trinajstić information content (AvgIpc) is 2.91. The molecule has 1 aliphatic heterocycles. The fourth-order valence-electron chi connectivity index (χ4n) is 5.83. The highest BCUT2D eigenvalue weighted by molar-refractivity contribution is 5.93. The van der Waals surface area contributed by atoms with Gasteiger partial charge >= 0.3 is 0 Å². The van der Waals surface area contributed by atoms with Gasteiger partial charge in [0.15, 0.2) is 11.5 Å². The van der Waals surface area contributed by atoms with E-state index in [1.165, 1.54) is 0 Å². The van der Waals surface area contributed by atoms with E-state index < -0.39 is 23.9 Å². The molecule has 1 saturated carbocycles. The second-order valence-corrected chi connectivity index (χ2v) is 10.5. The summed E-state index contributed by atoms with van der Waals surface area (Å²) in [4.78, 5) is 41.4. The molecule has 3 N–H and O–H groups in total. The molecular weight excluding hydrogens is 474 g/mol. The van der Waals surface area contributed by atoms with E-state index in [4.69, 9.17) is 19.9 Å². The number of likely N-dealkylation sites (tertiary alicyclic amines) is 1. The molecule has 0 aromatic heterocycles. The van der Waals surface area contributed by atoms with Gasteiger partial charge in [0.2, 0.25) is 23.5 Å². The van der Waals surface area contributed by atoms with Gasteiger partial charge in [0.05, 0.1) is 27.2 Å². The summed E-state index contributed by atoms with van der Waals surface area (Å²) in [7, 11) is 4.68. The Morgan fingerprint density at radius 2 is 1.51 bits per heavy atom. The molecule has 9 nitrogen and oxygen atoms in total. The molecule has 1 saturated heterocycles. The van der Waals surface area contributed by atoms with Crippen molar-refractivity contribution in [3.63, 3.8) is 0 Å². The van der Waals surface area contributed by atoms with E-state index in [-0.39, 0.29) is 23.7 Å². The van der Waals surface area contributed by atoms with Crippen molar-refractivity contribution < 1.29 is 28.6 Å². The van der Waals surface area contributed by atoms with Crippen molar-refractivity contribution in [2.24, 2.45) is 17.6 Å². The van der Waals surface area contributed by atoms with Crippen LogP contribution in [0.5, 0.6) is 17.2 Å². The number of ether oxygens (including phenoxy) is 3. The number of hydrogen-bond acceptors (Lipinski definition) is 6. The lowest BCUT2D eigenvalue weighted by molar-refractivity contribution is -0.145. The summed E-state index contributed by atoms with van der Waals surface area (Å²) in [5.74, 6) is 0.0596. The van der Waals surface area contributed by atoms with Crippen molar-refractivity contribution in [3.8, 4) is 17.2 Å². The average molecular weight is 518 g/mol. The maximum atomic E-state index is 14.4. The normalized spacial score (nSPS) is 20.2. The number of methoxy groups -OCH3 is 3. The zero-order valence-electron chi connectivity index (χ0n) is 22.9. The Hall–Kier alpha value is -2.97. The number of nitrogens with zero attached hydrogens (tertiary/aromatic N) is 1. The number of amides is 3. The third-order valence-electron chi connectivity index (χ3n) is 7.79. The van der Waals surface area contributed by atoms with Gasteiger partial charge in [0.25, 0.3) is 0 Å². The Balaban J connectivity index is 1.99. The smallest absolute Gasteiger partial charge is 0.243 e. The van der Waals surface area contributed by atoms with E-state index in [9.17, 15) is 14.4 Å². The fourth-order valence-corrected chi connectivity index (χ4v) is 5.83. The predicted octanol–water partition coefficient (Wildman–Crippen LogP) is 3.38. The molecule has 1 heterocycles. The molecule has 3 atom stereocenters. The summed E-state index contributed by atoms with van der Waals surface area (Å²) in [6.45, 7) is 4.17. The van der Waals surface area contributed by atoms with Gasteiger partial charge in [-0.15, -0.1) is 0 Å². The number of hydrogen-bond donors (Lipinski definition) is 2. The van der Waals surface area contributed by atoms with E-state index in [1.54, 1.807) is 26.2 Å². The Kier molecular flexibility index (Phi) is 10.1. The van der Waals surface area contributed by atoms with E-state index in [1.807, 2.05) is 26.0 Å². The minimum absolute atomic E-state index is 0.0683. The molecule has 1 aromatic carbocycles. The molecule has 37 heavy (non-hydrogen) atoms. The second kappa shape index (κ2) is 13.0. The first kappa shape index (κ1) is 28.6. The van der Waals surface area contributed by atoms with Crippen LogP contribution in [0.3, 0.4) is 0 Å². The Labute approximate surface area is 220 Å². The first-order valence-corrected chi connectivity index (χ1v) is 13.4. The molecule has 2 aliphatic rings. The maximum absolute atomic E-state index is 14.4. The Morgan fingerprint density at radius 3 is 2.03 bits per heavy atom. The molecule has 3 rings (SSSR count). The summed E-state index contributed by atoms with van der Waals surface area (Å²) in [5, 5.41) is 2.82. The largest absolute Gasteiger partial charge is 0.493 e. The van der Waals surface area contributed by atoms with Crippen LogP contribution in [0.1, 0.15) is 76.7 Å². The molecule has 0 radical (unpaired) electrons. The van der Waals surface area contributed by atoms with Crippen LogP contribution in [0.25, 0.3) is 0 Å². The van der Waals surface area contributed by atoms with Crippen LogP contribution in [-0.4, -0.2) is 62.6 Å². The van der Waals surface area contributed by atoms with Crippen LogP contribution >= 0.6 is 0 Å². The van der Waals surface area contributed by atoms with Gasteiger partial charge in [-0.1, -0.05) is 33.1 Å². The molecule has 1 aliphatic carbocycles. The van der Waals surface area contributed by atoms with Gasteiger partial charge in [-0.05, 0) is 61.6 Å². The minimum atomic E-state index is -0.782. The second-order valence-electron chi connectivity index (χ2n) is 10.5. The van der Waals surface area contributed by atoms with Crippen molar-refractivity contribution in [1.29, 1.82) is 0 Å². The molecule has 2 fully saturated rings. The van der Waals surface area contributed by atoms with Gasteiger partial charge in [0, 0.05) is 6.54 Å². The molecule has 1 unspecified atom stereocenters. The maximum Gasteiger partial charge on any atom is 0.243 e. The van der Waals surface area contributed by atoms with Crippen LogP contribution in [0.15, 0.2) is 12.1 Å². The molecule has 0 spiro atoms. The number of nitrogens with two attached hydrogens (primary N) is 1. The highest BCUT2D eigenvalue weighted by atomic mass is 16.5. The lowest BCUT2D eigenvalue weighted by atomic mass is 9.75. The van der Waals surface area contributed by atoms with Crippen molar-refractivity contribution in [1.82, 2.24) is 10.2 Å². The summed E-state index contributed by atoms with van der Waals surface area (Å²) in [5.41, 5.74) is 6.34. The van der Waals surface area contributed by atoms with Crippen LogP contribution in [0.4, 0.5) is 0 Å². The number of benzene rings is 1. The highest BCUT2D eigenvalue weighted by Gasteiger charge is 2.41. The lowest BCUT2D eigenvalue weighted by Crippen LogP contribution is -2.57. The summed E-state index contributed by atoms with van der Waals surface area (Å²) in [6.07, 6.45) is 7.38. The molecule has 206 valence electrons. The predicted molar refractivity (Wildman–Crippen MR) is 141 cm³/mol. The van der Waals surface area contributed by atoms with Gasteiger partial charge < -0.3 is 30.2 Å². The first-order valence-electron chi connectivity index (χ1n) is 13.4. The zero-order valence-corrected chi connectivity index (χ0v) is 22.9. The van der Waals surface area contributed by atoms with Crippen LogP contribution < -0.4 is 25.3 Å². The van der Waals surface area contributed by atoms with Crippen LogP contribution in [0.2, 0.25) is 0 Å². The third kappa shape index (κ3) is 6.48. The van der Waals surface area contributed by atoms with Crippen molar-refractivity contribution in [2.75, 3.05) is 27.9 Å². The number of carbonyl (C=O) groups is 3. The topological polar surface area (TPSA) is 120 Å². The van der Waals surface area contributed by atoms with Crippen LogP contribution in [0, 0.1) is 11.8 Å². The summed E-state index contributed by atoms with van der Waals surface area (Å²) >= 11 is 0. The van der Waals surface area contributed by atoms with E-state index >= 15 is 0 Å². The quantitative estimate of drug-likeness (QED) is 0.491. The Bertz CT molecular complexity index is 934. The number of rotatable bonds is 10. The fraction of sp³-hybridized carbons (Fsp3) is 0.679. The molecular formula is C28H43N3O6. The standard InChI is InChI=1S/C28H43N3O6/c1-17(2)24(26(29)32)30-27(33)20-13-9-10-14-31(20)28(34)23(18-11-7-6-8-12-18)19-15-21(35-3)25(37-5)22(16-19)36-4/h15-18,20,23-24H,6-14H2,1-5H3,(H2,29,32)(H,30,33)/t20?,23-,24-/m0/s1. The van der Waals surface area contributed by atoms with Gasteiger partial charge in [-0.2, -0.15) is 0 Å². The highest BCUT2D eigenvalue weighted by Crippen LogP contribution is 2.45. The van der Waals surface area contributed by atoms with E-state index in [2.05, 4.69) is 5.32 Å². The van der Waals surface area contributed by atoms with Gasteiger partial charge in [0.1, 0.15) is 12.1 Å². The molecule has 9 heteroatoms. The van der Waals surface area contributed by atoms with Crippen LogP contribution in [-0.2, 0) is 14.4 Å². The summed E-state index contributed by atoms with van der Waals surface area (Å²) < 4.78 is 16.7. The lowest BCUT2D eigenvalue weighted by Gasteiger charge is -2.40. The van der Waals surface area contributed by atoms with Gasteiger partial charge in [-0.3, -0.25) is 14.4 Å². The number of primary amides is 1. The zero-order chi connectivity index (χ0) is 27.1. The van der Waals surface area contributed by atoms with Crippen molar-refractivity contribution in [3.05, 3.63) is 17.7 Å². The Morgan fingerprint density at radius 1 is 0.919 bits per heavy atom. The minimum Gasteiger partial charge on any atom is -0.493 e. The van der Waals surface area contributed by atoms with E-state index in [0.717, 1.165) is 50.5 Å². The number of nitrogens with one attached hydrogen (secondary N) is 1. The third-order valence-corrected chi connectivity index (χ3v) is 7.79. The molecule has 1 aromatic rings. The molecule has 0 bridgehead atoms. The molecule has 3 amide bonds. The SMILES string of the molecule is COc1cc([C@@H](C(=O)N2CCCCC2C(=O)N[C@H](C(N)=O)C(C)C)C2CCCCC2)cc(OC)c1OC. The monoisotopic (exact) mass is 517 g/mol. The van der Waals surface area contributed by atoms with E-state index in [0.29, 0.717) is 30.2 Å². The first-order chi connectivity index (χ1) is 17.7. The number of piperidine rings is 1. The van der Waals surface area contributed by atoms with Crippen molar-refractivity contribution >= 4 is 17.7 Å².